The van der Waals surface area contributed by atoms with Gasteiger partial charge in [0.05, 0.1) is 5.69 Å². The number of aryl methyl sites for hydroxylation is 1. The van der Waals surface area contributed by atoms with E-state index in [1.165, 1.54) is 21.7 Å². The lowest BCUT2D eigenvalue weighted by Crippen LogP contribution is -2.53. The van der Waals surface area contributed by atoms with Crippen LogP contribution in [0, 0.1) is 13.8 Å². The molecular weight excluding hydrogens is 434 g/mol. The molecule has 7 heteroatoms. The van der Waals surface area contributed by atoms with E-state index in [-0.39, 0.29) is 25.0 Å². The van der Waals surface area contributed by atoms with E-state index in [2.05, 4.69) is 52.9 Å². The highest BCUT2D eigenvalue weighted by Crippen LogP contribution is 2.34. The Bertz CT molecular complexity index is 954. The zero-order valence-electron chi connectivity index (χ0n) is 16.7. The van der Waals surface area contributed by atoms with Gasteiger partial charge in [-0.1, -0.05) is 28.1 Å². The van der Waals surface area contributed by atoms with Crippen molar-refractivity contribution in [2.24, 2.45) is 0 Å². The number of amides is 2. The molecule has 2 aliphatic heterocycles. The van der Waals surface area contributed by atoms with Gasteiger partial charge in [-0.05, 0) is 49.2 Å². The third kappa shape index (κ3) is 3.96. The van der Waals surface area contributed by atoms with Gasteiger partial charge in [0.2, 0.25) is 5.91 Å². The predicted octanol–water partition coefficient (Wildman–Crippen LogP) is 3.14. The minimum absolute atomic E-state index is 0.0327. The molecule has 2 amide bonds. The number of carbonyl (C=O) groups excluding carboxylic acids is 2. The highest BCUT2D eigenvalue weighted by molar-refractivity contribution is 9.10. The third-order valence-corrected chi connectivity index (χ3v) is 6.20. The van der Waals surface area contributed by atoms with Gasteiger partial charge in [0, 0.05) is 36.3 Å². The molecule has 0 aliphatic carbocycles. The number of carbonyl (C=O) groups is 2. The van der Waals surface area contributed by atoms with Crippen LogP contribution in [0.3, 0.4) is 0 Å². The predicted molar refractivity (Wildman–Crippen MR) is 117 cm³/mol. The van der Waals surface area contributed by atoms with E-state index in [0.29, 0.717) is 24.5 Å². The number of fused-ring (bicyclic) bond motifs is 1. The van der Waals surface area contributed by atoms with Gasteiger partial charge in [0.15, 0.2) is 6.61 Å². The topological polar surface area (TPSA) is 53.1 Å². The van der Waals surface area contributed by atoms with E-state index in [1.54, 1.807) is 0 Å². The fourth-order valence-corrected chi connectivity index (χ4v) is 4.20. The van der Waals surface area contributed by atoms with Crippen molar-refractivity contribution in [3.63, 3.8) is 0 Å². The van der Waals surface area contributed by atoms with Crippen LogP contribution in [0.15, 0.2) is 40.9 Å². The first-order valence-corrected chi connectivity index (χ1v) is 10.5. The van der Waals surface area contributed by atoms with E-state index in [9.17, 15) is 9.59 Å². The molecule has 0 spiro atoms. The summed E-state index contributed by atoms with van der Waals surface area (Å²) in [5, 5.41) is 0. The number of nitrogens with zero attached hydrogens (tertiary/aromatic N) is 3. The molecule has 0 saturated carbocycles. The largest absolute Gasteiger partial charge is 0.482 e. The molecule has 0 atom stereocenters. The summed E-state index contributed by atoms with van der Waals surface area (Å²) >= 11 is 3.41. The molecule has 0 radical (unpaired) electrons. The smallest absolute Gasteiger partial charge is 0.265 e. The lowest BCUT2D eigenvalue weighted by atomic mass is 10.1. The average molecular weight is 458 g/mol. The molecular formula is C22H24BrN3O3. The van der Waals surface area contributed by atoms with Gasteiger partial charge in [-0.15, -0.1) is 0 Å². The molecule has 0 bridgehead atoms. The van der Waals surface area contributed by atoms with Crippen LogP contribution in [0.5, 0.6) is 5.75 Å². The summed E-state index contributed by atoms with van der Waals surface area (Å²) in [6.07, 6.45) is 0. The van der Waals surface area contributed by atoms with Crippen LogP contribution in [0.2, 0.25) is 0 Å². The third-order valence-electron chi connectivity index (χ3n) is 5.71. The lowest BCUT2D eigenvalue weighted by molar-refractivity contribution is -0.132. The second-order valence-electron chi connectivity index (χ2n) is 7.47. The first-order valence-electron chi connectivity index (χ1n) is 9.75. The Morgan fingerprint density at radius 2 is 1.83 bits per heavy atom. The summed E-state index contributed by atoms with van der Waals surface area (Å²) < 4.78 is 6.38. The molecule has 2 aromatic rings. The monoisotopic (exact) mass is 457 g/mol. The van der Waals surface area contributed by atoms with E-state index < -0.39 is 0 Å². The number of benzene rings is 2. The van der Waals surface area contributed by atoms with E-state index in [0.717, 1.165) is 17.6 Å². The maximum atomic E-state index is 12.9. The maximum absolute atomic E-state index is 12.9. The molecule has 152 valence electrons. The van der Waals surface area contributed by atoms with Gasteiger partial charge < -0.3 is 14.5 Å². The number of hydrogen-bond acceptors (Lipinski definition) is 4. The van der Waals surface area contributed by atoms with Crippen molar-refractivity contribution in [3.05, 3.63) is 52.0 Å². The molecule has 2 aliphatic rings. The van der Waals surface area contributed by atoms with Gasteiger partial charge >= 0.3 is 0 Å². The molecule has 0 unspecified atom stereocenters. The van der Waals surface area contributed by atoms with E-state index in [1.807, 2.05) is 23.1 Å². The first-order chi connectivity index (χ1) is 13.9. The molecule has 2 aromatic carbocycles. The Morgan fingerprint density at radius 3 is 2.59 bits per heavy atom. The van der Waals surface area contributed by atoms with Gasteiger partial charge in [0.1, 0.15) is 12.3 Å². The molecule has 6 nitrogen and oxygen atoms in total. The summed E-state index contributed by atoms with van der Waals surface area (Å²) in [6.45, 7) is 7.14. The molecule has 0 N–H and O–H groups in total. The van der Waals surface area contributed by atoms with Gasteiger partial charge in [0.25, 0.3) is 5.91 Å². The Morgan fingerprint density at radius 1 is 1.07 bits per heavy atom. The van der Waals surface area contributed by atoms with Crippen LogP contribution in [0.1, 0.15) is 11.1 Å². The number of piperazine rings is 1. The van der Waals surface area contributed by atoms with Crippen molar-refractivity contribution < 1.29 is 14.3 Å². The van der Waals surface area contributed by atoms with Crippen LogP contribution in [0.4, 0.5) is 11.4 Å². The fourth-order valence-electron chi connectivity index (χ4n) is 3.86. The van der Waals surface area contributed by atoms with Crippen LogP contribution >= 0.6 is 15.9 Å². The highest BCUT2D eigenvalue weighted by Gasteiger charge is 2.30. The molecule has 2 heterocycles. The fraction of sp³-hybridized carbons (Fsp3) is 0.364. The highest BCUT2D eigenvalue weighted by atomic mass is 79.9. The second kappa shape index (κ2) is 8.06. The van der Waals surface area contributed by atoms with Crippen molar-refractivity contribution in [3.8, 4) is 5.75 Å². The van der Waals surface area contributed by atoms with E-state index in [4.69, 9.17) is 4.74 Å². The lowest BCUT2D eigenvalue weighted by Gasteiger charge is -2.38. The quantitative estimate of drug-likeness (QED) is 0.710. The Hall–Kier alpha value is -2.54. The summed E-state index contributed by atoms with van der Waals surface area (Å²) in [5.74, 6) is 0.392. The number of anilines is 2. The summed E-state index contributed by atoms with van der Waals surface area (Å²) in [5.41, 5.74) is 4.44. The molecule has 0 aromatic heterocycles. The van der Waals surface area contributed by atoms with Gasteiger partial charge in [-0.25, -0.2) is 0 Å². The minimum atomic E-state index is -0.192. The summed E-state index contributed by atoms with van der Waals surface area (Å²) in [6, 6.07) is 11.8. The van der Waals surface area contributed by atoms with Crippen LogP contribution in [0.25, 0.3) is 0 Å². The molecule has 29 heavy (non-hydrogen) atoms. The van der Waals surface area contributed by atoms with Crippen molar-refractivity contribution in [1.29, 1.82) is 0 Å². The van der Waals surface area contributed by atoms with Crippen molar-refractivity contribution >= 4 is 39.1 Å². The summed E-state index contributed by atoms with van der Waals surface area (Å²) in [7, 11) is 0. The van der Waals surface area contributed by atoms with Gasteiger partial charge in [-0.3, -0.25) is 14.5 Å². The zero-order valence-corrected chi connectivity index (χ0v) is 18.2. The minimum Gasteiger partial charge on any atom is -0.482 e. The summed E-state index contributed by atoms with van der Waals surface area (Å²) in [4.78, 5) is 31.0. The number of ether oxygens (including phenoxy) is 1. The molecule has 4 rings (SSSR count). The van der Waals surface area contributed by atoms with E-state index >= 15 is 0 Å². The van der Waals surface area contributed by atoms with Crippen LogP contribution in [-0.2, 0) is 9.59 Å². The number of halogens is 1. The van der Waals surface area contributed by atoms with Crippen molar-refractivity contribution in [2.45, 2.75) is 13.8 Å². The Labute approximate surface area is 179 Å². The Balaban J connectivity index is 1.42. The first kappa shape index (κ1) is 19.8. The maximum Gasteiger partial charge on any atom is 0.265 e. The Kier molecular flexibility index (Phi) is 5.50. The standard InChI is InChI=1S/C22H24BrN3O3/c1-15-4-3-5-18(16(15)2)24-8-10-25(11-9-24)21(27)13-26-19-7-6-17(23)12-20(19)29-14-22(26)28/h3-7,12H,8-11,13-14H2,1-2H3. The van der Waals surface area contributed by atoms with Crippen LogP contribution in [-0.4, -0.2) is 56.0 Å². The normalized spacial score (nSPS) is 16.5. The SMILES string of the molecule is Cc1cccc(N2CCN(C(=O)CN3C(=O)COc4cc(Br)ccc43)CC2)c1C. The number of rotatable bonds is 3. The van der Waals surface area contributed by atoms with Crippen molar-refractivity contribution in [2.75, 3.05) is 49.1 Å². The van der Waals surface area contributed by atoms with Crippen molar-refractivity contribution in [1.82, 2.24) is 4.90 Å². The zero-order chi connectivity index (χ0) is 20.5. The second-order valence-corrected chi connectivity index (χ2v) is 8.38. The van der Waals surface area contributed by atoms with Crippen LogP contribution < -0.4 is 14.5 Å². The number of hydrogen-bond donors (Lipinski definition) is 0. The van der Waals surface area contributed by atoms with Gasteiger partial charge in [-0.2, -0.15) is 0 Å². The molecule has 1 fully saturated rings. The molecule has 1 saturated heterocycles. The average Bonchev–Trinajstić information content (AvgIpc) is 2.72.